The summed E-state index contributed by atoms with van der Waals surface area (Å²) in [4.78, 5) is 0. The summed E-state index contributed by atoms with van der Waals surface area (Å²) in [7, 11) is 0. The molecule has 5 aromatic rings. The van der Waals surface area contributed by atoms with E-state index in [1.54, 1.807) is 0 Å². The molecule has 6 rings (SSSR count). The van der Waals surface area contributed by atoms with Gasteiger partial charge in [-0.15, -0.1) is 0 Å². The van der Waals surface area contributed by atoms with E-state index in [9.17, 15) is 0 Å². The Kier molecular flexibility index (Phi) is 3.56. The quantitative estimate of drug-likeness (QED) is 0.271. The van der Waals surface area contributed by atoms with Gasteiger partial charge in [-0.25, -0.2) is 0 Å². The molecular weight excluding hydrogens is 362 g/mol. The minimum Gasteiger partial charge on any atom is -0.335 e. The highest BCUT2D eigenvalue weighted by Crippen LogP contribution is 2.47. The molecule has 1 heteroatoms. The van der Waals surface area contributed by atoms with Crippen molar-refractivity contribution in [2.24, 2.45) is 0 Å². The van der Waals surface area contributed by atoms with Crippen molar-refractivity contribution >= 4 is 21.8 Å². The second-order valence-corrected chi connectivity index (χ2v) is 9.38. The van der Waals surface area contributed by atoms with Gasteiger partial charge < -0.3 is 4.57 Å². The normalized spacial score (nSPS) is 13.0. The smallest absolute Gasteiger partial charge is 0.0499 e. The van der Waals surface area contributed by atoms with Gasteiger partial charge in [-0.05, 0) is 72.7 Å². The van der Waals surface area contributed by atoms with Crippen molar-refractivity contribution in [2.75, 3.05) is 0 Å². The molecule has 0 atom stereocenters. The SMILES string of the molecule is CC(C)(C)n1c2ccccc2c2c3c(ccc21)-c1cccc(-c2ccccc2)c1C3. The van der Waals surface area contributed by atoms with Crippen molar-refractivity contribution in [1.82, 2.24) is 4.57 Å². The van der Waals surface area contributed by atoms with Crippen molar-refractivity contribution in [3.05, 3.63) is 96.1 Å². The van der Waals surface area contributed by atoms with Gasteiger partial charge in [-0.2, -0.15) is 0 Å². The average Bonchev–Trinajstić information content (AvgIpc) is 3.29. The van der Waals surface area contributed by atoms with Crippen LogP contribution < -0.4 is 0 Å². The lowest BCUT2D eigenvalue weighted by molar-refractivity contribution is 0.423. The van der Waals surface area contributed by atoms with Crippen molar-refractivity contribution in [1.29, 1.82) is 0 Å². The first-order valence-corrected chi connectivity index (χ1v) is 10.8. The van der Waals surface area contributed by atoms with E-state index in [0.717, 1.165) is 6.42 Å². The van der Waals surface area contributed by atoms with Crippen LogP contribution in [0.15, 0.2) is 84.9 Å². The highest BCUT2D eigenvalue weighted by Gasteiger charge is 2.28. The maximum atomic E-state index is 2.51. The molecule has 0 aliphatic heterocycles. The van der Waals surface area contributed by atoms with E-state index >= 15 is 0 Å². The maximum Gasteiger partial charge on any atom is 0.0499 e. The van der Waals surface area contributed by atoms with Crippen molar-refractivity contribution in [3.8, 4) is 22.3 Å². The van der Waals surface area contributed by atoms with E-state index < -0.39 is 0 Å². The zero-order valence-corrected chi connectivity index (χ0v) is 17.7. The van der Waals surface area contributed by atoms with E-state index in [1.807, 2.05) is 0 Å². The van der Waals surface area contributed by atoms with Crippen LogP contribution in [-0.4, -0.2) is 4.57 Å². The molecule has 0 fully saturated rings. The van der Waals surface area contributed by atoms with Gasteiger partial charge in [0.1, 0.15) is 0 Å². The van der Waals surface area contributed by atoms with Crippen LogP contribution in [0.1, 0.15) is 31.9 Å². The van der Waals surface area contributed by atoms with Gasteiger partial charge in [0.25, 0.3) is 0 Å². The summed E-state index contributed by atoms with van der Waals surface area (Å²) in [6.45, 7) is 6.90. The average molecular weight is 388 g/mol. The molecule has 146 valence electrons. The molecule has 1 aliphatic rings. The Bertz CT molecular complexity index is 1430. The number of aromatic nitrogens is 1. The van der Waals surface area contributed by atoms with Gasteiger partial charge in [-0.1, -0.05) is 72.8 Å². The largest absolute Gasteiger partial charge is 0.335 e. The van der Waals surface area contributed by atoms with Gasteiger partial charge in [0.2, 0.25) is 0 Å². The first-order valence-electron chi connectivity index (χ1n) is 10.8. The molecule has 0 spiro atoms. The van der Waals surface area contributed by atoms with Crippen LogP contribution in [0.2, 0.25) is 0 Å². The summed E-state index contributed by atoms with van der Waals surface area (Å²) in [5.74, 6) is 0. The Balaban J connectivity index is 1.67. The zero-order valence-electron chi connectivity index (χ0n) is 17.7. The van der Waals surface area contributed by atoms with Crippen LogP contribution in [0.3, 0.4) is 0 Å². The fourth-order valence-corrected chi connectivity index (χ4v) is 5.39. The molecule has 0 saturated carbocycles. The van der Waals surface area contributed by atoms with Crippen LogP contribution in [0, 0.1) is 0 Å². The van der Waals surface area contributed by atoms with Crippen LogP contribution in [0.25, 0.3) is 44.1 Å². The number of fused-ring (bicyclic) bond motifs is 7. The van der Waals surface area contributed by atoms with Crippen molar-refractivity contribution in [2.45, 2.75) is 32.7 Å². The van der Waals surface area contributed by atoms with Gasteiger partial charge in [0.05, 0.1) is 0 Å². The monoisotopic (exact) mass is 387 g/mol. The number of rotatable bonds is 1. The molecule has 0 unspecified atom stereocenters. The molecule has 0 radical (unpaired) electrons. The number of para-hydroxylation sites is 1. The number of benzene rings is 4. The Morgan fingerprint density at radius 3 is 2.10 bits per heavy atom. The third kappa shape index (κ3) is 2.35. The first kappa shape index (κ1) is 17.5. The van der Waals surface area contributed by atoms with Crippen LogP contribution in [0.4, 0.5) is 0 Å². The molecule has 4 aromatic carbocycles. The molecule has 1 nitrogen and oxygen atoms in total. The van der Waals surface area contributed by atoms with Gasteiger partial charge in [0, 0.05) is 27.3 Å². The number of nitrogens with zero attached hydrogens (tertiary/aromatic N) is 1. The molecule has 1 aromatic heterocycles. The summed E-state index contributed by atoms with van der Waals surface area (Å²) in [5.41, 5.74) is 11.1. The van der Waals surface area contributed by atoms with Crippen molar-refractivity contribution < 1.29 is 0 Å². The standard InChI is InChI=1S/C29H25N/c1-29(2,3)30-26-15-8-7-12-23(26)28-25-18-24-20(19-10-5-4-6-11-19)13-9-14-21(24)22(25)16-17-27(28)30/h4-17H,18H2,1-3H3. The van der Waals surface area contributed by atoms with E-state index in [2.05, 4.69) is 110 Å². The van der Waals surface area contributed by atoms with Gasteiger partial charge in [-0.3, -0.25) is 0 Å². The molecule has 0 amide bonds. The van der Waals surface area contributed by atoms with Crippen molar-refractivity contribution in [3.63, 3.8) is 0 Å². The summed E-state index contributed by atoms with van der Waals surface area (Å²) in [5, 5.41) is 2.79. The Morgan fingerprint density at radius 1 is 0.600 bits per heavy atom. The number of hydrogen-bond acceptors (Lipinski definition) is 0. The lowest BCUT2D eigenvalue weighted by Crippen LogP contribution is -2.21. The van der Waals surface area contributed by atoms with Gasteiger partial charge in [0.15, 0.2) is 0 Å². The third-order valence-electron chi connectivity index (χ3n) is 6.52. The van der Waals surface area contributed by atoms with Crippen LogP contribution in [0.5, 0.6) is 0 Å². The van der Waals surface area contributed by atoms with E-state index in [1.165, 1.54) is 55.2 Å². The second-order valence-electron chi connectivity index (χ2n) is 9.38. The molecule has 0 bridgehead atoms. The molecule has 1 heterocycles. The highest BCUT2D eigenvalue weighted by molar-refractivity contribution is 6.13. The Morgan fingerprint density at radius 2 is 1.30 bits per heavy atom. The Hall–Kier alpha value is -3.32. The van der Waals surface area contributed by atoms with E-state index in [4.69, 9.17) is 0 Å². The lowest BCUT2D eigenvalue weighted by atomic mass is 9.96. The second kappa shape index (κ2) is 6.09. The lowest BCUT2D eigenvalue weighted by Gasteiger charge is -2.24. The van der Waals surface area contributed by atoms with Crippen LogP contribution >= 0.6 is 0 Å². The minimum absolute atomic E-state index is 0.0241. The summed E-state index contributed by atoms with van der Waals surface area (Å²) >= 11 is 0. The predicted octanol–water partition coefficient (Wildman–Crippen LogP) is 7.79. The topological polar surface area (TPSA) is 4.93 Å². The zero-order chi connectivity index (χ0) is 20.5. The fraction of sp³-hybridized carbons (Fsp3) is 0.172. The summed E-state index contributed by atoms with van der Waals surface area (Å²) in [6, 6.07) is 31.1. The van der Waals surface area contributed by atoms with E-state index in [0.29, 0.717) is 0 Å². The van der Waals surface area contributed by atoms with Gasteiger partial charge >= 0.3 is 0 Å². The third-order valence-corrected chi connectivity index (χ3v) is 6.52. The van der Waals surface area contributed by atoms with E-state index in [-0.39, 0.29) is 5.54 Å². The minimum atomic E-state index is 0.0241. The maximum absolute atomic E-state index is 2.51. The van der Waals surface area contributed by atoms with Crippen LogP contribution in [-0.2, 0) is 12.0 Å². The Labute approximate surface area is 177 Å². The molecule has 0 saturated heterocycles. The molecule has 0 N–H and O–H groups in total. The predicted molar refractivity (Wildman–Crippen MR) is 128 cm³/mol. The highest BCUT2D eigenvalue weighted by atomic mass is 15.0. The molecule has 30 heavy (non-hydrogen) atoms. The fourth-order valence-electron chi connectivity index (χ4n) is 5.39. The number of hydrogen-bond donors (Lipinski definition) is 0. The summed E-state index contributed by atoms with van der Waals surface area (Å²) in [6.07, 6.45) is 0.991. The summed E-state index contributed by atoms with van der Waals surface area (Å²) < 4.78 is 2.51. The first-order chi connectivity index (χ1) is 14.5. The molecular formula is C29H25N. The molecule has 1 aliphatic carbocycles.